The first-order valence-electron chi connectivity index (χ1n) is 6.52. The van der Waals surface area contributed by atoms with Crippen molar-refractivity contribution in [1.82, 2.24) is 0 Å². The largest absolute Gasteiger partial charge is 0.377 e. The molecule has 3 atom stereocenters. The van der Waals surface area contributed by atoms with E-state index in [-0.39, 0.29) is 12.2 Å². The maximum absolute atomic E-state index is 10.7. The van der Waals surface area contributed by atoms with Gasteiger partial charge in [0.1, 0.15) is 12.4 Å². The molecule has 0 saturated carbocycles. The average molecular weight is 248 g/mol. The second-order valence-electron chi connectivity index (χ2n) is 4.89. The predicted octanol–water partition coefficient (Wildman–Crippen LogP) is 2.59. The monoisotopic (exact) mass is 248 g/mol. The SMILES string of the molecule is C[C@@H]1C[C@H](C=O)O[C@H]1CCOCc1ccccc1. The van der Waals surface area contributed by atoms with Gasteiger partial charge >= 0.3 is 0 Å². The number of rotatable bonds is 6. The van der Waals surface area contributed by atoms with Gasteiger partial charge in [0, 0.05) is 6.61 Å². The summed E-state index contributed by atoms with van der Waals surface area (Å²) in [4.78, 5) is 10.7. The Kier molecular flexibility index (Phi) is 4.90. The van der Waals surface area contributed by atoms with Crippen molar-refractivity contribution < 1.29 is 14.3 Å². The molecule has 0 aromatic heterocycles. The molecular weight excluding hydrogens is 228 g/mol. The first-order valence-corrected chi connectivity index (χ1v) is 6.52. The van der Waals surface area contributed by atoms with Crippen LogP contribution in [-0.4, -0.2) is 25.1 Å². The minimum Gasteiger partial charge on any atom is -0.377 e. The van der Waals surface area contributed by atoms with E-state index in [4.69, 9.17) is 9.47 Å². The van der Waals surface area contributed by atoms with E-state index in [1.165, 1.54) is 5.56 Å². The molecule has 1 saturated heterocycles. The number of benzene rings is 1. The fraction of sp³-hybridized carbons (Fsp3) is 0.533. The Morgan fingerprint density at radius 3 is 2.83 bits per heavy atom. The molecule has 2 rings (SSSR count). The van der Waals surface area contributed by atoms with E-state index in [1.54, 1.807) is 0 Å². The molecular formula is C15H20O3. The van der Waals surface area contributed by atoms with Crippen LogP contribution in [0.4, 0.5) is 0 Å². The number of ether oxygens (including phenoxy) is 2. The van der Waals surface area contributed by atoms with E-state index in [9.17, 15) is 4.79 Å². The lowest BCUT2D eigenvalue weighted by Crippen LogP contribution is -2.17. The molecule has 3 heteroatoms. The van der Waals surface area contributed by atoms with Gasteiger partial charge in [-0.1, -0.05) is 37.3 Å². The van der Waals surface area contributed by atoms with Crippen LogP contribution in [0, 0.1) is 5.92 Å². The van der Waals surface area contributed by atoms with Crippen LogP contribution >= 0.6 is 0 Å². The lowest BCUT2D eigenvalue weighted by Gasteiger charge is -2.14. The van der Waals surface area contributed by atoms with Gasteiger partial charge in [0.15, 0.2) is 0 Å². The zero-order valence-electron chi connectivity index (χ0n) is 10.7. The second kappa shape index (κ2) is 6.66. The quantitative estimate of drug-likeness (QED) is 0.573. The van der Waals surface area contributed by atoms with Crippen LogP contribution in [0.3, 0.4) is 0 Å². The van der Waals surface area contributed by atoms with Crippen LogP contribution in [0.25, 0.3) is 0 Å². The summed E-state index contributed by atoms with van der Waals surface area (Å²) in [5.74, 6) is 0.445. The number of hydrogen-bond acceptors (Lipinski definition) is 3. The first-order chi connectivity index (χ1) is 8.79. The summed E-state index contributed by atoms with van der Waals surface area (Å²) in [5.41, 5.74) is 1.18. The summed E-state index contributed by atoms with van der Waals surface area (Å²) in [7, 11) is 0. The van der Waals surface area contributed by atoms with Crippen LogP contribution in [0.15, 0.2) is 30.3 Å². The zero-order chi connectivity index (χ0) is 12.8. The normalized spacial score (nSPS) is 27.3. The van der Waals surface area contributed by atoms with Gasteiger partial charge in [-0.3, -0.25) is 0 Å². The highest BCUT2D eigenvalue weighted by molar-refractivity contribution is 5.56. The Bertz CT molecular complexity index is 363. The molecule has 98 valence electrons. The molecule has 1 heterocycles. The second-order valence-corrected chi connectivity index (χ2v) is 4.89. The van der Waals surface area contributed by atoms with Gasteiger partial charge in [0.05, 0.1) is 12.7 Å². The van der Waals surface area contributed by atoms with Crippen molar-refractivity contribution in [3.63, 3.8) is 0 Å². The van der Waals surface area contributed by atoms with E-state index in [0.717, 1.165) is 19.1 Å². The van der Waals surface area contributed by atoms with Gasteiger partial charge in [-0.2, -0.15) is 0 Å². The fourth-order valence-electron chi connectivity index (χ4n) is 2.34. The molecule has 18 heavy (non-hydrogen) atoms. The lowest BCUT2D eigenvalue weighted by molar-refractivity contribution is -0.117. The van der Waals surface area contributed by atoms with Gasteiger partial charge in [-0.15, -0.1) is 0 Å². The predicted molar refractivity (Wildman–Crippen MR) is 69.2 cm³/mol. The fourth-order valence-corrected chi connectivity index (χ4v) is 2.34. The van der Waals surface area contributed by atoms with E-state index in [1.807, 2.05) is 18.2 Å². The van der Waals surface area contributed by atoms with Gasteiger partial charge < -0.3 is 14.3 Å². The minimum absolute atomic E-state index is 0.163. The molecule has 1 aliphatic heterocycles. The third-order valence-electron chi connectivity index (χ3n) is 3.40. The smallest absolute Gasteiger partial charge is 0.148 e. The summed E-state index contributed by atoms with van der Waals surface area (Å²) in [6.07, 6.45) is 2.56. The van der Waals surface area contributed by atoms with E-state index >= 15 is 0 Å². The van der Waals surface area contributed by atoms with Crippen LogP contribution in [0.5, 0.6) is 0 Å². The summed E-state index contributed by atoms with van der Waals surface area (Å²) in [6, 6.07) is 10.1. The van der Waals surface area contributed by atoms with Crippen molar-refractivity contribution in [3.05, 3.63) is 35.9 Å². The van der Waals surface area contributed by atoms with Gasteiger partial charge in [-0.25, -0.2) is 0 Å². The molecule has 3 nitrogen and oxygen atoms in total. The van der Waals surface area contributed by atoms with Crippen molar-refractivity contribution in [2.24, 2.45) is 5.92 Å². The molecule has 0 radical (unpaired) electrons. The summed E-state index contributed by atoms with van der Waals surface area (Å²) >= 11 is 0. The third-order valence-corrected chi connectivity index (χ3v) is 3.40. The maximum atomic E-state index is 10.7. The third kappa shape index (κ3) is 3.65. The molecule has 0 unspecified atom stereocenters. The van der Waals surface area contributed by atoms with Gasteiger partial charge in [0.25, 0.3) is 0 Å². The Balaban J connectivity index is 1.65. The van der Waals surface area contributed by atoms with E-state index in [2.05, 4.69) is 19.1 Å². The average Bonchev–Trinajstić information content (AvgIpc) is 2.77. The highest BCUT2D eigenvalue weighted by Gasteiger charge is 2.31. The summed E-state index contributed by atoms with van der Waals surface area (Å²) < 4.78 is 11.3. The Morgan fingerprint density at radius 1 is 1.39 bits per heavy atom. The molecule has 1 aromatic rings. The first kappa shape index (κ1) is 13.2. The molecule has 0 N–H and O–H groups in total. The van der Waals surface area contributed by atoms with Crippen molar-refractivity contribution >= 4 is 6.29 Å². The Morgan fingerprint density at radius 2 is 2.17 bits per heavy atom. The molecule has 0 aliphatic carbocycles. The highest BCUT2D eigenvalue weighted by Crippen LogP contribution is 2.27. The van der Waals surface area contributed by atoms with Crippen LogP contribution in [0.2, 0.25) is 0 Å². The van der Waals surface area contributed by atoms with Gasteiger partial charge in [0.2, 0.25) is 0 Å². The van der Waals surface area contributed by atoms with Crippen LogP contribution < -0.4 is 0 Å². The number of carbonyl (C=O) groups is 1. The number of aldehydes is 1. The van der Waals surface area contributed by atoms with Crippen molar-refractivity contribution in [1.29, 1.82) is 0 Å². The van der Waals surface area contributed by atoms with Crippen molar-refractivity contribution in [2.45, 2.75) is 38.6 Å². The van der Waals surface area contributed by atoms with E-state index < -0.39 is 0 Å². The standard InChI is InChI=1S/C15H20O3/c1-12-9-14(10-16)18-15(12)7-8-17-11-13-5-3-2-4-6-13/h2-6,10,12,14-15H,7-9,11H2,1H3/t12-,14-,15+/m1/s1. The zero-order valence-corrected chi connectivity index (χ0v) is 10.7. The summed E-state index contributed by atoms with van der Waals surface area (Å²) in [5, 5.41) is 0. The molecule has 0 spiro atoms. The van der Waals surface area contributed by atoms with E-state index in [0.29, 0.717) is 19.1 Å². The molecule has 1 aromatic carbocycles. The number of hydrogen-bond donors (Lipinski definition) is 0. The number of carbonyl (C=O) groups excluding carboxylic acids is 1. The molecule has 0 amide bonds. The lowest BCUT2D eigenvalue weighted by atomic mass is 10.0. The highest BCUT2D eigenvalue weighted by atomic mass is 16.5. The van der Waals surface area contributed by atoms with Crippen molar-refractivity contribution in [3.8, 4) is 0 Å². The summed E-state index contributed by atoms with van der Waals surface area (Å²) in [6.45, 7) is 3.44. The minimum atomic E-state index is -0.209. The topological polar surface area (TPSA) is 35.5 Å². The Labute approximate surface area is 108 Å². The van der Waals surface area contributed by atoms with Crippen LogP contribution in [-0.2, 0) is 20.9 Å². The van der Waals surface area contributed by atoms with Gasteiger partial charge in [-0.05, 0) is 24.3 Å². The molecule has 1 aliphatic rings. The van der Waals surface area contributed by atoms with Crippen molar-refractivity contribution in [2.75, 3.05) is 6.61 Å². The maximum Gasteiger partial charge on any atom is 0.148 e. The Hall–Kier alpha value is -1.19. The van der Waals surface area contributed by atoms with Crippen LogP contribution in [0.1, 0.15) is 25.3 Å². The molecule has 1 fully saturated rings. The molecule has 0 bridgehead atoms.